The number of methoxy groups -OCH3 is 1. The number of phenols is 1. The molecule has 0 fully saturated rings. The standard InChI is InChI=1S/C15H15N5O2/c1-22-12-5-10(4-11(21)6-12)15-13(7-20(8-16)19-15)14-2-3-17-9-18-14/h2-7,9,21H,8,16H2,1H3. The van der Waals surface area contributed by atoms with E-state index in [4.69, 9.17) is 10.5 Å². The smallest absolute Gasteiger partial charge is 0.123 e. The third kappa shape index (κ3) is 2.61. The Bertz CT molecular complexity index is 786. The number of benzene rings is 1. The molecule has 3 rings (SSSR count). The van der Waals surface area contributed by atoms with E-state index in [9.17, 15) is 5.11 Å². The van der Waals surface area contributed by atoms with Crippen LogP contribution in [-0.2, 0) is 6.67 Å². The van der Waals surface area contributed by atoms with E-state index in [0.717, 1.165) is 16.8 Å². The van der Waals surface area contributed by atoms with E-state index in [1.165, 1.54) is 12.4 Å². The molecular weight excluding hydrogens is 282 g/mol. The van der Waals surface area contributed by atoms with E-state index in [2.05, 4.69) is 15.1 Å². The van der Waals surface area contributed by atoms with E-state index >= 15 is 0 Å². The summed E-state index contributed by atoms with van der Waals surface area (Å²) in [7, 11) is 1.54. The SMILES string of the molecule is COc1cc(O)cc(-c2nn(CN)cc2-c2ccncn2)c1. The third-order valence-electron chi connectivity index (χ3n) is 3.21. The minimum Gasteiger partial charge on any atom is -0.508 e. The lowest BCUT2D eigenvalue weighted by Gasteiger charge is -2.06. The average Bonchev–Trinajstić information content (AvgIpc) is 2.99. The summed E-state index contributed by atoms with van der Waals surface area (Å²) in [5.74, 6) is 0.649. The average molecular weight is 297 g/mol. The number of phenolic OH excluding ortho intramolecular Hbond substituents is 1. The quantitative estimate of drug-likeness (QED) is 0.759. The molecule has 0 radical (unpaired) electrons. The summed E-state index contributed by atoms with van der Waals surface area (Å²) in [5.41, 5.74) is 8.59. The van der Waals surface area contributed by atoms with Crippen molar-refractivity contribution >= 4 is 0 Å². The molecule has 7 nitrogen and oxygen atoms in total. The monoisotopic (exact) mass is 297 g/mol. The van der Waals surface area contributed by atoms with Crippen LogP contribution in [0, 0.1) is 0 Å². The van der Waals surface area contributed by atoms with Gasteiger partial charge in [-0.05, 0) is 18.2 Å². The van der Waals surface area contributed by atoms with Gasteiger partial charge < -0.3 is 15.6 Å². The van der Waals surface area contributed by atoms with E-state index in [-0.39, 0.29) is 12.4 Å². The molecule has 0 saturated heterocycles. The molecule has 0 saturated carbocycles. The number of aromatic hydroxyl groups is 1. The van der Waals surface area contributed by atoms with Gasteiger partial charge in [0.2, 0.25) is 0 Å². The van der Waals surface area contributed by atoms with Crippen molar-refractivity contribution in [3.8, 4) is 34.0 Å². The van der Waals surface area contributed by atoms with Crippen LogP contribution in [0.1, 0.15) is 0 Å². The van der Waals surface area contributed by atoms with Crippen LogP contribution in [0.2, 0.25) is 0 Å². The van der Waals surface area contributed by atoms with E-state index < -0.39 is 0 Å². The molecule has 0 unspecified atom stereocenters. The highest BCUT2D eigenvalue weighted by molar-refractivity contribution is 5.79. The first-order valence-corrected chi connectivity index (χ1v) is 6.63. The molecule has 2 aromatic heterocycles. The van der Waals surface area contributed by atoms with Crippen molar-refractivity contribution < 1.29 is 9.84 Å². The number of nitrogens with zero attached hydrogens (tertiary/aromatic N) is 4. The molecule has 7 heteroatoms. The Balaban J connectivity index is 2.18. The molecule has 0 amide bonds. The molecule has 1 aromatic carbocycles. The minimum atomic E-state index is 0.102. The Labute approximate surface area is 127 Å². The Morgan fingerprint density at radius 3 is 2.86 bits per heavy atom. The summed E-state index contributed by atoms with van der Waals surface area (Å²) in [6.07, 6.45) is 4.95. The maximum atomic E-state index is 9.85. The molecule has 3 aromatic rings. The first-order chi connectivity index (χ1) is 10.7. The number of rotatable bonds is 4. The van der Waals surface area contributed by atoms with Crippen LogP contribution in [0.3, 0.4) is 0 Å². The second-order valence-corrected chi connectivity index (χ2v) is 4.63. The maximum Gasteiger partial charge on any atom is 0.123 e. The molecule has 0 spiro atoms. The summed E-state index contributed by atoms with van der Waals surface area (Å²) >= 11 is 0. The van der Waals surface area contributed by atoms with E-state index in [1.54, 1.807) is 36.2 Å². The highest BCUT2D eigenvalue weighted by atomic mass is 16.5. The molecule has 0 bridgehead atoms. The van der Waals surface area contributed by atoms with Crippen LogP contribution in [-0.4, -0.2) is 32.0 Å². The topological polar surface area (TPSA) is 99.1 Å². The van der Waals surface area contributed by atoms with Crippen LogP contribution < -0.4 is 10.5 Å². The van der Waals surface area contributed by atoms with Gasteiger partial charge in [-0.25, -0.2) is 9.97 Å². The van der Waals surface area contributed by atoms with Gasteiger partial charge in [-0.1, -0.05) is 0 Å². The Kier molecular flexibility index (Phi) is 3.71. The predicted molar refractivity (Wildman–Crippen MR) is 81.1 cm³/mol. The van der Waals surface area contributed by atoms with Crippen LogP contribution in [0.25, 0.3) is 22.5 Å². The fraction of sp³-hybridized carbons (Fsp3) is 0.133. The predicted octanol–water partition coefficient (Wildman–Crippen LogP) is 1.64. The van der Waals surface area contributed by atoms with Gasteiger partial charge in [0.05, 0.1) is 19.5 Å². The van der Waals surface area contributed by atoms with Crippen molar-refractivity contribution in [1.29, 1.82) is 0 Å². The van der Waals surface area contributed by atoms with Gasteiger partial charge in [0.25, 0.3) is 0 Å². The molecular formula is C15H15N5O2. The van der Waals surface area contributed by atoms with Gasteiger partial charge >= 0.3 is 0 Å². The van der Waals surface area contributed by atoms with Gasteiger partial charge in [0.15, 0.2) is 0 Å². The third-order valence-corrected chi connectivity index (χ3v) is 3.21. The molecule has 0 aliphatic heterocycles. The zero-order valence-electron chi connectivity index (χ0n) is 12.0. The van der Waals surface area contributed by atoms with E-state index in [0.29, 0.717) is 11.4 Å². The lowest BCUT2D eigenvalue weighted by Crippen LogP contribution is -2.07. The second-order valence-electron chi connectivity index (χ2n) is 4.63. The summed E-state index contributed by atoms with van der Waals surface area (Å²) < 4.78 is 6.81. The Morgan fingerprint density at radius 1 is 1.32 bits per heavy atom. The fourth-order valence-corrected chi connectivity index (χ4v) is 2.20. The number of hydrogen-bond acceptors (Lipinski definition) is 6. The molecule has 3 N–H and O–H groups in total. The summed E-state index contributed by atoms with van der Waals surface area (Å²) in [4.78, 5) is 8.17. The Hall–Kier alpha value is -2.93. The lowest BCUT2D eigenvalue weighted by atomic mass is 10.1. The van der Waals surface area contributed by atoms with Crippen LogP contribution in [0.5, 0.6) is 11.5 Å². The normalized spacial score (nSPS) is 10.6. The fourth-order valence-electron chi connectivity index (χ4n) is 2.20. The largest absolute Gasteiger partial charge is 0.508 e. The van der Waals surface area contributed by atoms with Crippen molar-refractivity contribution in [3.05, 3.63) is 43.0 Å². The zero-order valence-corrected chi connectivity index (χ0v) is 12.0. The van der Waals surface area contributed by atoms with Crippen molar-refractivity contribution in [2.24, 2.45) is 5.73 Å². The minimum absolute atomic E-state index is 0.102. The number of ether oxygens (including phenoxy) is 1. The molecule has 0 aliphatic carbocycles. The van der Waals surface area contributed by atoms with Crippen molar-refractivity contribution in [1.82, 2.24) is 19.7 Å². The lowest BCUT2D eigenvalue weighted by molar-refractivity contribution is 0.408. The van der Waals surface area contributed by atoms with Crippen molar-refractivity contribution in [2.45, 2.75) is 6.67 Å². The van der Waals surface area contributed by atoms with E-state index in [1.807, 2.05) is 6.20 Å². The van der Waals surface area contributed by atoms with Crippen molar-refractivity contribution in [3.63, 3.8) is 0 Å². The molecule has 112 valence electrons. The highest BCUT2D eigenvalue weighted by Gasteiger charge is 2.15. The number of aromatic nitrogens is 4. The second kappa shape index (κ2) is 5.82. The first-order valence-electron chi connectivity index (χ1n) is 6.63. The number of hydrogen-bond donors (Lipinski definition) is 2. The maximum absolute atomic E-state index is 9.85. The van der Waals surface area contributed by atoms with Crippen LogP contribution in [0.15, 0.2) is 43.0 Å². The van der Waals surface area contributed by atoms with Gasteiger partial charge in [0.1, 0.15) is 23.5 Å². The molecule has 22 heavy (non-hydrogen) atoms. The zero-order chi connectivity index (χ0) is 15.5. The number of nitrogens with two attached hydrogens (primary N) is 1. The Morgan fingerprint density at radius 2 is 2.18 bits per heavy atom. The summed E-state index contributed by atoms with van der Waals surface area (Å²) in [5, 5.41) is 14.3. The summed E-state index contributed by atoms with van der Waals surface area (Å²) in [6.45, 7) is 0.244. The molecule has 2 heterocycles. The summed E-state index contributed by atoms with van der Waals surface area (Å²) in [6, 6.07) is 6.75. The van der Waals surface area contributed by atoms with Gasteiger partial charge in [-0.15, -0.1) is 0 Å². The highest BCUT2D eigenvalue weighted by Crippen LogP contribution is 2.34. The van der Waals surface area contributed by atoms with Crippen LogP contribution >= 0.6 is 0 Å². The van der Waals surface area contributed by atoms with Gasteiger partial charge in [-0.2, -0.15) is 5.10 Å². The van der Waals surface area contributed by atoms with Crippen molar-refractivity contribution in [2.75, 3.05) is 7.11 Å². The molecule has 0 aliphatic rings. The van der Waals surface area contributed by atoms with Gasteiger partial charge in [-0.3, -0.25) is 4.68 Å². The first kappa shape index (κ1) is 14.0. The van der Waals surface area contributed by atoms with Crippen LogP contribution in [0.4, 0.5) is 0 Å². The van der Waals surface area contributed by atoms with Gasteiger partial charge in [0, 0.05) is 29.6 Å². The molecule has 0 atom stereocenters.